The zero-order valence-corrected chi connectivity index (χ0v) is 11.8. The summed E-state index contributed by atoms with van der Waals surface area (Å²) in [6.07, 6.45) is 8.15. The maximum Gasteiger partial charge on any atom is 0.316 e. The monoisotopic (exact) mass is 260 g/mol. The summed E-state index contributed by atoms with van der Waals surface area (Å²) in [7, 11) is 0. The molecule has 0 bridgehead atoms. The lowest BCUT2D eigenvalue weighted by Gasteiger charge is -2.22. The maximum absolute atomic E-state index is 11.6. The Hall–Kier alpha value is -0.610. The number of ether oxygens (including phenoxy) is 1. The van der Waals surface area contributed by atoms with Crippen LogP contribution in [0.3, 0.4) is 0 Å². The number of aliphatic hydroxyl groups is 2. The van der Waals surface area contributed by atoms with Crippen LogP contribution in [0.25, 0.3) is 0 Å². The first-order valence-corrected chi connectivity index (χ1v) is 6.99. The molecular weight excluding hydrogens is 232 g/mol. The van der Waals surface area contributed by atoms with Gasteiger partial charge in [-0.15, -0.1) is 0 Å². The van der Waals surface area contributed by atoms with Crippen molar-refractivity contribution in [3.8, 4) is 0 Å². The largest absolute Gasteiger partial charge is 0.465 e. The molecule has 0 aliphatic carbocycles. The van der Waals surface area contributed by atoms with Gasteiger partial charge in [-0.1, -0.05) is 45.4 Å². The normalized spacial score (nSPS) is 11.6. The summed E-state index contributed by atoms with van der Waals surface area (Å²) in [5, 5.41) is 18.0. The average Bonchev–Trinajstić information content (AvgIpc) is 2.40. The Bertz CT molecular complexity index is 212. The highest BCUT2D eigenvalue weighted by molar-refractivity contribution is 5.76. The van der Waals surface area contributed by atoms with E-state index in [1.165, 1.54) is 39.0 Å². The minimum Gasteiger partial charge on any atom is -0.465 e. The number of esters is 1. The number of rotatable bonds is 11. The average molecular weight is 260 g/mol. The Balaban J connectivity index is 3.51. The molecule has 0 saturated carbocycles. The predicted molar refractivity (Wildman–Crippen MR) is 71.2 cm³/mol. The van der Waals surface area contributed by atoms with E-state index in [4.69, 9.17) is 14.9 Å². The molecule has 0 radical (unpaired) electrons. The summed E-state index contributed by atoms with van der Waals surface area (Å²) < 4.78 is 5.06. The molecule has 0 aliphatic rings. The molecule has 0 aliphatic heterocycles. The fraction of sp³-hybridized carbons (Fsp3) is 0.929. The van der Waals surface area contributed by atoms with Crippen molar-refractivity contribution in [3.05, 3.63) is 0 Å². The Kier molecular flexibility index (Phi) is 9.98. The van der Waals surface area contributed by atoms with Gasteiger partial charge in [0.25, 0.3) is 0 Å². The molecule has 0 rings (SSSR count). The lowest BCUT2D eigenvalue weighted by atomic mass is 9.93. The van der Waals surface area contributed by atoms with E-state index in [9.17, 15) is 4.79 Å². The van der Waals surface area contributed by atoms with E-state index in [0.717, 1.165) is 12.8 Å². The highest BCUT2D eigenvalue weighted by atomic mass is 16.5. The molecule has 0 fully saturated rings. The molecule has 0 amide bonds. The molecule has 0 heterocycles. The molecule has 4 heteroatoms. The summed E-state index contributed by atoms with van der Waals surface area (Å²) in [4.78, 5) is 11.6. The summed E-state index contributed by atoms with van der Waals surface area (Å²) in [6.45, 7) is 3.29. The van der Waals surface area contributed by atoms with Gasteiger partial charge in [0.15, 0.2) is 0 Å². The Morgan fingerprint density at radius 3 is 2.00 bits per heavy atom. The topological polar surface area (TPSA) is 66.8 Å². The molecule has 0 aromatic carbocycles. The third kappa shape index (κ3) is 6.97. The van der Waals surface area contributed by atoms with Crippen molar-refractivity contribution in [3.63, 3.8) is 0 Å². The smallest absolute Gasteiger partial charge is 0.316 e. The van der Waals surface area contributed by atoms with Crippen LogP contribution in [0.2, 0.25) is 0 Å². The summed E-state index contributed by atoms with van der Waals surface area (Å²) >= 11 is 0. The quantitative estimate of drug-likeness (QED) is 0.442. The maximum atomic E-state index is 11.6. The number of hydrogen-bond donors (Lipinski definition) is 2. The molecule has 0 aromatic rings. The molecule has 4 nitrogen and oxygen atoms in total. The van der Waals surface area contributed by atoms with Crippen LogP contribution >= 0.6 is 0 Å². The number of carbonyl (C=O) groups is 1. The molecule has 18 heavy (non-hydrogen) atoms. The Morgan fingerprint density at radius 2 is 1.50 bits per heavy atom. The van der Waals surface area contributed by atoms with Crippen LogP contribution in [-0.4, -0.2) is 36.0 Å². The van der Waals surface area contributed by atoms with Gasteiger partial charge in [-0.3, -0.25) is 4.79 Å². The first-order valence-electron chi connectivity index (χ1n) is 6.99. The molecule has 0 spiro atoms. The standard InChI is InChI=1S/C14H28O4/c1-3-4-5-6-7-8-9-10-18-13(17)14(2,11-15)12-16/h15-16H,3-12H2,1-2H3. The number of unbranched alkanes of at least 4 members (excludes halogenated alkanes) is 6. The van der Waals surface area contributed by atoms with E-state index in [1.807, 2.05) is 0 Å². The lowest BCUT2D eigenvalue weighted by molar-refractivity contribution is -0.160. The second-order valence-electron chi connectivity index (χ2n) is 5.13. The molecule has 0 saturated heterocycles. The molecule has 0 aromatic heterocycles. The van der Waals surface area contributed by atoms with Crippen molar-refractivity contribution in [2.75, 3.05) is 19.8 Å². The number of hydrogen-bond acceptors (Lipinski definition) is 4. The van der Waals surface area contributed by atoms with Gasteiger partial charge in [-0.2, -0.15) is 0 Å². The summed E-state index contributed by atoms with van der Waals surface area (Å²) in [6, 6.07) is 0. The summed E-state index contributed by atoms with van der Waals surface area (Å²) in [5.41, 5.74) is -1.17. The van der Waals surface area contributed by atoms with Crippen molar-refractivity contribution < 1.29 is 19.7 Å². The third-order valence-electron chi connectivity index (χ3n) is 3.17. The SMILES string of the molecule is CCCCCCCCCOC(=O)C(C)(CO)CO. The second-order valence-corrected chi connectivity index (χ2v) is 5.13. The van der Waals surface area contributed by atoms with E-state index in [1.54, 1.807) is 0 Å². The van der Waals surface area contributed by atoms with Crippen LogP contribution in [0.15, 0.2) is 0 Å². The van der Waals surface area contributed by atoms with Crippen LogP contribution in [0.1, 0.15) is 58.8 Å². The van der Waals surface area contributed by atoms with Crippen molar-refractivity contribution in [2.24, 2.45) is 5.41 Å². The van der Waals surface area contributed by atoms with Crippen molar-refractivity contribution in [1.29, 1.82) is 0 Å². The van der Waals surface area contributed by atoms with Crippen LogP contribution in [0.4, 0.5) is 0 Å². The van der Waals surface area contributed by atoms with E-state index < -0.39 is 11.4 Å². The first kappa shape index (κ1) is 17.4. The molecule has 2 N–H and O–H groups in total. The fourth-order valence-corrected chi connectivity index (χ4v) is 1.58. The number of carbonyl (C=O) groups excluding carboxylic acids is 1. The Labute approximate surface area is 110 Å². The van der Waals surface area contributed by atoms with Crippen LogP contribution < -0.4 is 0 Å². The number of aliphatic hydroxyl groups excluding tert-OH is 2. The van der Waals surface area contributed by atoms with Gasteiger partial charge in [0.2, 0.25) is 0 Å². The third-order valence-corrected chi connectivity index (χ3v) is 3.17. The van der Waals surface area contributed by atoms with E-state index in [0.29, 0.717) is 6.61 Å². The molecular formula is C14H28O4. The van der Waals surface area contributed by atoms with Gasteiger partial charge in [0.05, 0.1) is 19.8 Å². The van der Waals surface area contributed by atoms with Crippen LogP contribution in [0, 0.1) is 5.41 Å². The van der Waals surface area contributed by atoms with Crippen molar-refractivity contribution >= 4 is 5.97 Å². The van der Waals surface area contributed by atoms with E-state index in [2.05, 4.69) is 6.92 Å². The highest BCUT2D eigenvalue weighted by Gasteiger charge is 2.33. The van der Waals surface area contributed by atoms with Gasteiger partial charge in [-0.05, 0) is 13.3 Å². The molecule has 0 atom stereocenters. The van der Waals surface area contributed by atoms with Gasteiger partial charge in [0, 0.05) is 0 Å². The zero-order valence-electron chi connectivity index (χ0n) is 11.8. The minimum absolute atomic E-state index is 0.377. The molecule has 0 unspecified atom stereocenters. The van der Waals surface area contributed by atoms with Gasteiger partial charge < -0.3 is 14.9 Å². The minimum atomic E-state index is -1.17. The van der Waals surface area contributed by atoms with Crippen LogP contribution in [-0.2, 0) is 9.53 Å². The highest BCUT2D eigenvalue weighted by Crippen LogP contribution is 2.16. The van der Waals surface area contributed by atoms with Crippen LogP contribution in [0.5, 0.6) is 0 Å². The zero-order chi connectivity index (χ0) is 13.9. The Morgan fingerprint density at radius 1 is 1.00 bits per heavy atom. The summed E-state index contributed by atoms with van der Waals surface area (Å²) in [5.74, 6) is -0.515. The van der Waals surface area contributed by atoms with Crippen molar-refractivity contribution in [1.82, 2.24) is 0 Å². The van der Waals surface area contributed by atoms with Gasteiger partial charge in [0.1, 0.15) is 5.41 Å². The first-order chi connectivity index (χ1) is 8.60. The van der Waals surface area contributed by atoms with E-state index >= 15 is 0 Å². The molecule has 108 valence electrons. The van der Waals surface area contributed by atoms with Gasteiger partial charge >= 0.3 is 5.97 Å². The van der Waals surface area contributed by atoms with Gasteiger partial charge in [-0.25, -0.2) is 0 Å². The fourth-order valence-electron chi connectivity index (χ4n) is 1.58. The lowest BCUT2D eigenvalue weighted by Crippen LogP contribution is -2.37. The van der Waals surface area contributed by atoms with E-state index in [-0.39, 0.29) is 13.2 Å². The van der Waals surface area contributed by atoms with Crippen molar-refractivity contribution in [2.45, 2.75) is 58.8 Å². The predicted octanol–water partition coefficient (Wildman–Crippen LogP) is 2.27. The second kappa shape index (κ2) is 10.3.